The molecule has 0 saturated heterocycles. The lowest BCUT2D eigenvalue weighted by atomic mass is 9.96. The summed E-state index contributed by atoms with van der Waals surface area (Å²) < 4.78 is 6.34. The molecule has 0 aliphatic carbocycles. The number of para-hydroxylation sites is 2. The maximum Gasteiger partial charge on any atom is 0.143 e. The van der Waals surface area contributed by atoms with Gasteiger partial charge in [0.15, 0.2) is 0 Å². The van der Waals surface area contributed by atoms with Gasteiger partial charge in [0.25, 0.3) is 0 Å². The van der Waals surface area contributed by atoms with Crippen LogP contribution in [0.5, 0.6) is 0 Å². The van der Waals surface area contributed by atoms with Crippen LogP contribution in [-0.2, 0) is 0 Å². The van der Waals surface area contributed by atoms with Crippen LogP contribution >= 0.6 is 0 Å². The fraction of sp³-hybridized carbons (Fsp3) is 0. The lowest BCUT2D eigenvalue weighted by Crippen LogP contribution is -2.09. The summed E-state index contributed by atoms with van der Waals surface area (Å²) >= 11 is 0. The van der Waals surface area contributed by atoms with Gasteiger partial charge in [-0.3, -0.25) is 0 Å². The standard InChI is InChI=1S/C58H39NO/c1-3-10-40(11-4-1)42-26-32-51(33-27-42)59(52-34-28-43(29-35-52)41-12-5-2-6-13-41)53-36-30-45(31-37-53)49-25-21-46-20-24-48(38-50(46)39-49)44-18-22-47(23-19-44)54-15-9-16-56-55-14-7-8-17-57(55)60-58(54)56/h1-39H. The van der Waals surface area contributed by atoms with Crippen molar-refractivity contribution in [1.29, 1.82) is 0 Å². The minimum atomic E-state index is 0.917. The van der Waals surface area contributed by atoms with Gasteiger partial charge in [0.05, 0.1) is 0 Å². The van der Waals surface area contributed by atoms with Gasteiger partial charge in [-0.1, -0.05) is 182 Å². The second-order valence-electron chi connectivity index (χ2n) is 15.3. The number of rotatable bonds is 8. The van der Waals surface area contributed by atoms with E-state index in [2.05, 4.69) is 229 Å². The molecule has 11 aromatic rings. The van der Waals surface area contributed by atoms with E-state index in [1.165, 1.54) is 55.3 Å². The quantitative estimate of drug-likeness (QED) is 0.153. The third-order valence-electron chi connectivity index (χ3n) is 11.7. The van der Waals surface area contributed by atoms with Gasteiger partial charge in [-0.15, -0.1) is 0 Å². The van der Waals surface area contributed by atoms with Crippen molar-refractivity contribution in [3.8, 4) is 55.6 Å². The topological polar surface area (TPSA) is 16.4 Å². The predicted octanol–water partition coefficient (Wildman–Crippen LogP) is 16.5. The van der Waals surface area contributed by atoms with Gasteiger partial charge in [0.2, 0.25) is 0 Å². The van der Waals surface area contributed by atoms with E-state index in [4.69, 9.17) is 4.42 Å². The summed E-state index contributed by atoms with van der Waals surface area (Å²) in [4.78, 5) is 2.34. The Morgan fingerprint density at radius 1 is 0.267 bits per heavy atom. The average Bonchev–Trinajstić information content (AvgIpc) is 3.72. The first-order chi connectivity index (χ1) is 29.7. The minimum absolute atomic E-state index is 0.917. The molecule has 0 unspecified atom stereocenters. The molecule has 0 N–H and O–H groups in total. The van der Waals surface area contributed by atoms with Crippen molar-refractivity contribution in [2.75, 3.05) is 4.90 Å². The van der Waals surface area contributed by atoms with Crippen molar-refractivity contribution < 1.29 is 4.42 Å². The lowest BCUT2D eigenvalue weighted by Gasteiger charge is -2.26. The molecule has 0 fully saturated rings. The molecular weight excluding hydrogens is 727 g/mol. The third kappa shape index (κ3) is 6.61. The summed E-state index contributed by atoms with van der Waals surface area (Å²) in [6, 6.07) is 84.8. The van der Waals surface area contributed by atoms with Crippen molar-refractivity contribution in [3.05, 3.63) is 237 Å². The molecule has 1 heterocycles. The van der Waals surface area contributed by atoms with E-state index in [1.807, 2.05) is 12.1 Å². The summed E-state index contributed by atoms with van der Waals surface area (Å²) in [5.41, 5.74) is 16.9. The van der Waals surface area contributed by atoms with Crippen LogP contribution in [0.15, 0.2) is 241 Å². The van der Waals surface area contributed by atoms with E-state index in [0.29, 0.717) is 0 Å². The summed E-state index contributed by atoms with van der Waals surface area (Å²) in [6.45, 7) is 0. The van der Waals surface area contributed by atoms with Gasteiger partial charge in [0, 0.05) is 33.4 Å². The van der Waals surface area contributed by atoms with E-state index in [-0.39, 0.29) is 0 Å². The molecular formula is C58H39NO. The number of hydrogen-bond donors (Lipinski definition) is 0. The molecule has 2 nitrogen and oxygen atoms in total. The van der Waals surface area contributed by atoms with Crippen LogP contribution in [0, 0.1) is 0 Å². The number of furan rings is 1. The Morgan fingerprint density at radius 2 is 0.667 bits per heavy atom. The highest BCUT2D eigenvalue weighted by atomic mass is 16.3. The second-order valence-corrected chi connectivity index (χ2v) is 15.3. The molecule has 0 saturated carbocycles. The SMILES string of the molecule is c1ccc(-c2ccc(N(c3ccc(-c4ccccc4)cc3)c3ccc(-c4ccc5ccc(-c6ccc(-c7cccc8c7oc7ccccc78)cc6)cc5c4)cc3)cc2)cc1. The molecule has 0 aliphatic heterocycles. The molecule has 2 heteroatoms. The van der Waals surface area contributed by atoms with Gasteiger partial charge < -0.3 is 9.32 Å². The summed E-state index contributed by atoms with van der Waals surface area (Å²) in [5.74, 6) is 0. The summed E-state index contributed by atoms with van der Waals surface area (Å²) in [5, 5.41) is 4.72. The highest BCUT2D eigenvalue weighted by Gasteiger charge is 2.15. The van der Waals surface area contributed by atoms with Crippen LogP contribution in [-0.4, -0.2) is 0 Å². The van der Waals surface area contributed by atoms with E-state index in [1.54, 1.807) is 0 Å². The van der Waals surface area contributed by atoms with Crippen LogP contribution < -0.4 is 4.90 Å². The number of hydrogen-bond acceptors (Lipinski definition) is 2. The number of anilines is 3. The normalized spacial score (nSPS) is 11.3. The first-order valence-electron chi connectivity index (χ1n) is 20.5. The Labute approximate surface area is 349 Å². The second kappa shape index (κ2) is 15.1. The molecule has 0 aliphatic rings. The van der Waals surface area contributed by atoms with E-state index in [9.17, 15) is 0 Å². The number of fused-ring (bicyclic) bond motifs is 4. The summed E-state index contributed by atoms with van der Waals surface area (Å²) in [6.07, 6.45) is 0. The molecule has 282 valence electrons. The van der Waals surface area contributed by atoms with Gasteiger partial charge >= 0.3 is 0 Å². The smallest absolute Gasteiger partial charge is 0.143 e. The zero-order valence-electron chi connectivity index (χ0n) is 32.9. The molecule has 0 spiro atoms. The Balaban J connectivity index is 0.892. The third-order valence-corrected chi connectivity index (χ3v) is 11.7. The van der Waals surface area contributed by atoms with Crippen molar-refractivity contribution >= 4 is 49.8 Å². The fourth-order valence-electron chi connectivity index (χ4n) is 8.54. The minimum Gasteiger partial charge on any atom is -0.455 e. The van der Waals surface area contributed by atoms with E-state index < -0.39 is 0 Å². The molecule has 10 aromatic carbocycles. The monoisotopic (exact) mass is 765 g/mol. The van der Waals surface area contributed by atoms with Gasteiger partial charge in [-0.25, -0.2) is 0 Å². The maximum absolute atomic E-state index is 6.34. The largest absolute Gasteiger partial charge is 0.455 e. The van der Waals surface area contributed by atoms with Crippen molar-refractivity contribution in [2.45, 2.75) is 0 Å². The van der Waals surface area contributed by atoms with Crippen LogP contribution in [0.3, 0.4) is 0 Å². The Morgan fingerprint density at radius 3 is 1.20 bits per heavy atom. The van der Waals surface area contributed by atoms with Crippen LogP contribution in [0.2, 0.25) is 0 Å². The first-order valence-corrected chi connectivity index (χ1v) is 20.5. The average molecular weight is 766 g/mol. The molecule has 0 amide bonds. The zero-order chi connectivity index (χ0) is 39.8. The lowest BCUT2D eigenvalue weighted by molar-refractivity contribution is 0.670. The van der Waals surface area contributed by atoms with Gasteiger partial charge in [-0.2, -0.15) is 0 Å². The summed E-state index contributed by atoms with van der Waals surface area (Å²) in [7, 11) is 0. The highest BCUT2D eigenvalue weighted by molar-refractivity contribution is 6.09. The fourth-order valence-corrected chi connectivity index (χ4v) is 8.54. The molecule has 0 bridgehead atoms. The zero-order valence-corrected chi connectivity index (χ0v) is 32.9. The maximum atomic E-state index is 6.34. The Bertz CT molecular complexity index is 3170. The highest BCUT2D eigenvalue weighted by Crippen LogP contribution is 2.39. The first kappa shape index (κ1) is 35.2. The van der Waals surface area contributed by atoms with Gasteiger partial charge in [-0.05, 0) is 115 Å². The molecule has 60 heavy (non-hydrogen) atoms. The predicted molar refractivity (Wildman–Crippen MR) is 253 cm³/mol. The van der Waals surface area contributed by atoms with Crippen LogP contribution in [0.4, 0.5) is 17.1 Å². The Hall–Kier alpha value is -7.94. The molecule has 1 aromatic heterocycles. The Kier molecular flexibility index (Phi) is 8.87. The molecule has 0 radical (unpaired) electrons. The van der Waals surface area contributed by atoms with Crippen molar-refractivity contribution in [2.24, 2.45) is 0 Å². The van der Waals surface area contributed by atoms with Crippen LogP contribution in [0.1, 0.15) is 0 Å². The van der Waals surface area contributed by atoms with Crippen LogP contribution in [0.25, 0.3) is 88.3 Å². The van der Waals surface area contributed by atoms with Crippen molar-refractivity contribution in [1.82, 2.24) is 0 Å². The van der Waals surface area contributed by atoms with Gasteiger partial charge in [0.1, 0.15) is 11.2 Å². The number of nitrogens with zero attached hydrogens (tertiary/aromatic N) is 1. The molecule has 0 atom stereocenters. The van der Waals surface area contributed by atoms with E-state index in [0.717, 1.165) is 50.1 Å². The molecule has 11 rings (SSSR count). The number of benzene rings is 10. The van der Waals surface area contributed by atoms with E-state index >= 15 is 0 Å². The van der Waals surface area contributed by atoms with Crippen molar-refractivity contribution in [3.63, 3.8) is 0 Å².